The molecular formula is C16H19F3N4OS. The molecule has 9 heteroatoms. The number of hydrogen-bond donors (Lipinski definition) is 2. The van der Waals surface area contributed by atoms with Gasteiger partial charge in [-0.2, -0.15) is 18.3 Å². The number of ether oxygens (including phenoxy) is 1. The monoisotopic (exact) mass is 372 g/mol. The number of hydrogen-bond acceptors (Lipinski definition) is 3. The highest BCUT2D eigenvalue weighted by molar-refractivity contribution is 7.80. The molecule has 0 aliphatic carbocycles. The zero-order chi connectivity index (χ0) is 18.4. The quantitative estimate of drug-likeness (QED) is 0.599. The maximum atomic E-state index is 12.6. The number of nitrogens with zero attached hydrogens (tertiary/aromatic N) is 2. The summed E-state index contributed by atoms with van der Waals surface area (Å²) in [6, 6.07) is 8.33. The van der Waals surface area contributed by atoms with E-state index in [0.29, 0.717) is 30.3 Å². The van der Waals surface area contributed by atoms with E-state index in [1.54, 1.807) is 14.0 Å². The number of aromatic nitrogens is 2. The summed E-state index contributed by atoms with van der Waals surface area (Å²) < 4.78 is 44.3. The molecule has 0 saturated heterocycles. The minimum Gasteiger partial charge on any atom is -0.497 e. The van der Waals surface area contributed by atoms with E-state index in [-0.39, 0.29) is 0 Å². The third-order valence-corrected chi connectivity index (χ3v) is 3.70. The van der Waals surface area contributed by atoms with Gasteiger partial charge < -0.3 is 15.4 Å². The molecule has 0 amide bonds. The smallest absolute Gasteiger partial charge is 0.435 e. The van der Waals surface area contributed by atoms with Crippen LogP contribution in [0.1, 0.15) is 17.8 Å². The Kier molecular flexibility index (Phi) is 6.24. The number of halogens is 3. The van der Waals surface area contributed by atoms with Crippen LogP contribution in [0.5, 0.6) is 5.75 Å². The Morgan fingerprint density at radius 1 is 1.28 bits per heavy atom. The lowest BCUT2D eigenvalue weighted by Gasteiger charge is -2.11. The summed E-state index contributed by atoms with van der Waals surface area (Å²) in [6.07, 6.45) is -3.83. The van der Waals surface area contributed by atoms with Crippen LogP contribution in [0, 0.1) is 6.92 Å². The Hall–Kier alpha value is -2.29. The zero-order valence-corrected chi connectivity index (χ0v) is 14.7. The maximum Gasteiger partial charge on any atom is 0.435 e. The van der Waals surface area contributed by atoms with Gasteiger partial charge in [0.15, 0.2) is 10.8 Å². The summed E-state index contributed by atoms with van der Waals surface area (Å²) in [4.78, 5) is 0. The van der Waals surface area contributed by atoms with Crippen LogP contribution in [0.4, 0.5) is 18.9 Å². The van der Waals surface area contributed by atoms with Crippen molar-refractivity contribution in [1.29, 1.82) is 0 Å². The predicted octanol–water partition coefficient (Wildman–Crippen LogP) is 3.60. The van der Waals surface area contributed by atoms with Crippen LogP contribution in [0.3, 0.4) is 0 Å². The SMILES string of the molecule is COc1ccc(NC(=S)NCCCn2nc(C(F)(F)F)cc2C)cc1. The van der Waals surface area contributed by atoms with Gasteiger partial charge in [-0.3, -0.25) is 4.68 Å². The molecule has 1 heterocycles. The molecule has 136 valence electrons. The molecule has 0 aliphatic heterocycles. The van der Waals surface area contributed by atoms with Crippen molar-refractivity contribution < 1.29 is 17.9 Å². The highest BCUT2D eigenvalue weighted by Gasteiger charge is 2.34. The van der Waals surface area contributed by atoms with Crippen LogP contribution < -0.4 is 15.4 Å². The van der Waals surface area contributed by atoms with Gasteiger partial charge >= 0.3 is 6.18 Å². The third-order valence-electron chi connectivity index (χ3n) is 3.45. The second kappa shape index (κ2) is 8.19. The van der Waals surface area contributed by atoms with Crippen molar-refractivity contribution in [3.63, 3.8) is 0 Å². The van der Waals surface area contributed by atoms with Gasteiger partial charge in [-0.25, -0.2) is 0 Å². The lowest BCUT2D eigenvalue weighted by molar-refractivity contribution is -0.141. The number of aryl methyl sites for hydroxylation is 2. The van der Waals surface area contributed by atoms with E-state index in [0.717, 1.165) is 17.5 Å². The standard InChI is InChI=1S/C16H19F3N4OS/c1-11-10-14(16(17,18)19)22-23(11)9-3-8-20-15(25)21-12-4-6-13(24-2)7-5-12/h4-7,10H,3,8-9H2,1-2H3,(H2,20,21,25). The van der Waals surface area contributed by atoms with Gasteiger partial charge in [0, 0.05) is 24.5 Å². The van der Waals surface area contributed by atoms with Gasteiger partial charge in [0.2, 0.25) is 0 Å². The molecule has 2 aromatic rings. The molecule has 0 unspecified atom stereocenters. The number of thiocarbonyl (C=S) groups is 1. The van der Waals surface area contributed by atoms with E-state index < -0.39 is 11.9 Å². The molecule has 2 rings (SSSR count). The number of anilines is 1. The molecule has 0 radical (unpaired) electrons. The molecule has 0 spiro atoms. The maximum absolute atomic E-state index is 12.6. The Morgan fingerprint density at radius 3 is 2.52 bits per heavy atom. The highest BCUT2D eigenvalue weighted by atomic mass is 32.1. The second-order valence-corrected chi connectivity index (χ2v) is 5.76. The second-order valence-electron chi connectivity index (χ2n) is 5.35. The third kappa shape index (κ3) is 5.63. The van der Waals surface area contributed by atoms with E-state index in [4.69, 9.17) is 17.0 Å². The van der Waals surface area contributed by atoms with E-state index in [9.17, 15) is 13.2 Å². The van der Waals surface area contributed by atoms with Gasteiger partial charge in [-0.1, -0.05) is 0 Å². The van der Waals surface area contributed by atoms with Crippen LogP contribution in [-0.2, 0) is 12.7 Å². The number of methoxy groups -OCH3 is 1. The molecular weight excluding hydrogens is 353 g/mol. The molecule has 25 heavy (non-hydrogen) atoms. The molecule has 1 aromatic heterocycles. The van der Waals surface area contributed by atoms with Gasteiger partial charge in [0.05, 0.1) is 7.11 Å². The summed E-state index contributed by atoms with van der Waals surface area (Å²) in [6.45, 7) is 2.49. The largest absolute Gasteiger partial charge is 0.497 e. The Bertz CT molecular complexity index is 713. The van der Waals surface area contributed by atoms with Crippen molar-refractivity contribution >= 4 is 23.0 Å². The topological polar surface area (TPSA) is 51.1 Å². The van der Waals surface area contributed by atoms with Crippen LogP contribution in [0.15, 0.2) is 30.3 Å². The summed E-state index contributed by atoms with van der Waals surface area (Å²) >= 11 is 5.18. The van der Waals surface area contributed by atoms with E-state index in [1.165, 1.54) is 4.68 Å². The molecule has 2 N–H and O–H groups in total. The molecule has 1 aromatic carbocycles. The Labute approximate surface area is 149 Å². The molecule has 0 aliphatic rings. The van der Waals surface area contributed by atoms with Crippen LogP contribution in [0.2, 0.25) is 0 Å². The Balaban J connectivity index is 1.75. The van der Waals surface area contributed by atoms with E-state index >= 15 is 0 Å². The minimum atomic E-state index is -4.42. The number of rotatable bonds is 6. The first kappa shape index (κ1) is 19.0. The lowest BCUT2D eigenvalue weighted by atomic mass is 10.3. The van der Waals surface area contributed by atoms with Crippen molar-refractivity contribution in [2.24, 2.45) is 0 Å². The number of benzene rings is 1. The Morgan fingerprint density at radius 2 is 1.96 bits per heavy atom. The van der Waals surface area contributed by atoms with Crippen molar-refractivity contribution in [2.45, 2.75) is 26.1 Å². The van der Waals surface area contributed by atoms with Gasteiger partial charge in [-0.05, 0) is 55.9 Å². The predicted molar refractivity (Wildman–Crippen MR) is 93.8 cm³/mol. The minimum absolute atomic E-state index is 0.375. The van der Waals surface area contributed by atoms with Crippen molar-refractivity contribution in [3.8, 4) is 5.75 Å². The molecule has 0 fully saturated rings. The van der Waals surface area contributed by atoms with E-state index in [1.807, 2.05) is 24.3 Å². The fourth-order valence-electron chi connectivity index (χ4n) is 2.16. The van der Waals surface area contributed by atoms with Gasteiger partial charge in [-0.15, -0.1) is 0 Å². The molecule has 5 nitrogen and oxygen atoms in total. The summed E-state index contributed by atoms with van der Waals surface area (Å²) in [5.41, 5.74) is 0.428. The molecule has 0 bridgehead atoms. The summed E-state index contributed by atoms with van der Waals surface area (Å²) in [5, 5.41) is 10.1. The lowest BCUT2D eigenvalue weighted by Crippen LogP contribution is -2.29. The van der Waals surface area contributed by atoms with Gasteiger partial charge in [0.1, 0.15) is 5.75 Å². The first-order valence-corrected chi connectivity index (χ1v) is 8.01. The first-order chi connectivity index (χ1) is 11.8. The van der Waals surface area contributed by atoms with Crippen molar-refractivity contribution in [2.75, 3.05) is 19.0 Å². The molecule has 0 atom stereocenters. The normalized spacial score (nSPS) is 11.2. The zero-order valence-electron chi connectivity index (χ0n) is 13.9. The van der Waals surface area contributed by atoms with Crippen molar-refractivity contribution in [1.82, 2.24) is 15.1 Å². The molecule has 0 saturated carbocycles. The van der Waals surface area contributed by atoms with Crippen LogP contribution in [0.25, 0.3) is 0 Å². The summed E-state index contributed by atoms with van der Waals surface area (Å²) in [7, 11) is 1.59. The average molecular weight is 372 g/mol. The van der Waals surface area contributed by atoms with Crippen LogP contribution in [-0.4, -0.2) is 28.5 Å². The highest BCUT2D eigenvalue weighted by Crippen LogP contribution is 2.28. The fourth-order valence-corrected chi connectivity index (χ4v) is 2.38. The van der Waals surface area contributed by atoms with E-state index in [2.05, 4.69) is 15.7 Å². The summed E-state index contributed by atoms with van der Waals surface area (Å²) in [5.74, 6) is 0.747. The number of alkyl halides is 3. The first-order valence-electron chi connectivity index (χ1n) is 7.60. The number of nitrogens with one attached hydrogen (secondary N) is 2. The van der Waals surface area contributed by atoms with Gasteiger partial charge in [0.25, 0.3) is 0 Å². The van der Waals surface area contributed by atoms with Crippen molar-refractivity contribution in [3.05, 3.63) is 41.7 Å². The fraction of sp³-hybridized carbons (Fsp3) is 0.375. The van der Waals surface area contributed by atoms with Crippen LogP contribution >= 0.6 is 12.2 Å². The average Bonchev–Trinajstić information content (AvgIpc) is 2.93.